The summed E-state index contributed by atoms with van der Waals surface area (Å²) in [6, 6.07) is 8.86. The molecule has 2 rings (SSSR count). The van der Waals surface area contributed by atoms with Gasteiger partial charge in [0.2, 0.25) is 0 Å². The van der Waals surface area contributed by atoms with Crippen molar-refractivity contribution in [2.75, 3.05) is 18.8 Å². The lowest BCUT2D eigenvalue weighted by Crippen LogP contribution is -2.28. The summed E-state index contributed by atoms with van der Waals surface area (Å²) in [5.41, 5.74) is 1.46. The van der Waals surface area contributed by atoms with Crippen molar-refractivity contribution in [1.29, 1.82) is 0 Å². The lowest BCUT2D eigenvalue weighted by atomic mass is 10.1. The van der Waals surface area contributed by atoms with Crippen LogP contribution in [-0.2, 0) is 0 Å². The van der Waals surface area contributed by atoms with Crippen molar-refractivity contribution in [2.24, 2.45) is 0 Å². The molecule has 1 nitrogen and oxygen atoms in total. The molecule has 0 radical (unpaired) electrons. The Balaban J connectivity index is 2.10. The van der Waals surface area contributed by atoms with Crippen molar-refractivity contribution in [1.82, 2.24) is 5.32 Å². The van der Waals surface area contributed by atoms with Crippen LogP contribution in [0, 0.1) is 3.57 Å². The van der Waals surface area contributed by atoms with Crippen LogP contribution in [0.3, 0.4) is 0 Å². The van der Waals surface area contributed by atoms with Crippen LogP contribution in [-0.4, -0.2) is 18.8 Å². The third kappa shape index (κ3) is 2.60. The molecule has 0 amide bonds. The Morgan fingerprint density at radius 2 is 2.08 bits per heavy atom. The number of thioether (sulfide) groups is 1. The smallest absolute Gasteiger partial charge is 0.0422 e. The molecule has 0 aromatic heterocycles. The summed E-state index contributed by atoms with van der Waals surface area (Å²) >= 11 is 4.40. The van der Waals surface area contributed by atoms with Crippen LogP contribution < -0.4 is 5.32 Å². The fraction of sp³-hybridized carbons (Fsp3) is 0.400. The highest BCUT2D eigenvalue weighted by atomic mass is 127. The summed E-state index contributed by atoms with van der Waals surface area (Å²) in [5.74, 6) is 1.23. The molecule has 1 aromatic rings. The summed E-state index contributed by atoms with van der Waals surface area (Å²) < 4.78 is 1.31. The standard InChI is InChI=1S/C10H12INS/c11-9-3-1-8(2-4-9)10-7-12-5-6-13-10/h1-4,10,12H,5-7H2. The molecule has 1 atom stereocenters. The molecule has 0 aliphatic carbocycles. The summed E-state index contributed by atoms with van der Waals surface area (Å²) in [6.45, 7) is 2.27. The highest BCUT2D eigenvalue weighted by molar-refractivity contribution is 14.1. The van der Waals surface area contributed by atoms with E-state index in [0.717, 1.165) is 13.1 Å². The van der Waals surface area contributed by atoms with Gasteiger partial charge < -0.3 is 5.32 Å². The molecule has 0 bridgehead atoms. The van der Waals surface area contributed by atoms with Crippen molar-refractivity contribution >= 4 is 34.4 Å². The van der Waals surface area contributed by atoms with Gasteiger partial charge in [0, 0.05) is 27.7 Å². The van der Waals surface area contributed by atoms with Gasteiger partial charge in [0.05, 0.1) is 0 Å². The van der Waals surface area contributed by atoms with E-state index in [-0.39, 0.29) is 0 Å². The third-order valence-corrected chi connectivity index (χ3v) is 4.17. The Morgan fingerprint density at radius 1 is 1.31 bits per heavy atom. The molecule has 1 fully saturated rings. The third-order valence-electron chi connectivity index (χ3n) is 2.17. The van der Waals surface area contributed by atoms with Crippen LogP contribution in [0.1, 0.15) is 10.8 Å². The number of benzene rings is 1. The molecule has 0 spiro atoms. The zero-order chi connectivity index (χ0) is 9.10. The van der Waals surface area contributed by atoms with E-state index in [0.29, 0.717) is 5.25 Å². The Kier molecular flexibility index (Phi) is 3.51. The number of nitrogens with one attached hydrogen (secondary N) is 1. The minimum absolute atomic E-state index is 0.658. The summed E-state index contributed by atoms with van der Waals surface area (Å²) in [7, 11) is 0. The molecule has 3 heteroatoms. The van der Waals surface area contributed by atoms with E-state index in [1.165, 1.54) is 14.9 Å². The van der Waals surface area contributed by atoms with Gasteiger partial charge in [0.15, 0.2) is 0 Å². The predicted octanol–water partition coefficient (Wildman–Crippen LogP) is 2.67. The average Bonchev–Trinajstić information content (AvgIpc) is 2.20. The molecule has 13 heavy (non-hydrogen) atoms. The second-order valence-corrected chi connectivity index (χ2v) is 5.67. The van der Waals surface area contributed by atoms with E-state index in [2.05, 4.69) is 63.9 Å². The van der Waals surface area contributed by atoms with E-state index in [4.69, 9.17) is 0 Å². The molecule has 1 unspecified atom stereocenters. The summed E-state index contributed by atoms with van der Waals surface area (Å²) in [4.78, 5) is 0. The van der Waals surface area contributed by atoms with Crippen LogP contribution in [0.25, 0.3) is 0 Å². The van der Waals surface area contributed by atoms with Gasteiger partial charge in [-0.05, 0) is 40.3 Å². The number of hydrogen-bond donors (Lipinski definition) is 1. The van der Waals surface area contributed by atoms with E-state index >= 15 is 0 Å². The van der Waals surface area contributed by atoms with Gasteiger partial charge in [0.1, 0.15) is 0 Å². The van der Waals surface area contributed by atoms with Crippen molar-refractivity contribution in [3.8, 4) is 0 Å². The number of halogens is 1. The largest absolute Gasteiger partial charge is 0.314 e. The zero-order valence-electron chi connectivity index (χ0n) is 7.29. The zero-order valence-corrected chi connectivity index (χ0v) is 10.3. The minimum atomic E-state index is 0.658. The second kappa shape index (κ2) is 4.66. The molecular formula is C10H12INS. The molecule has 1 aliphatic heterocycles. The van der Waals surface area contributed by atoms with Gasteiger partial charge in [-0.3, -0.25) is 0 Å². The fourth-order valence-electron chi connectivity index (χ4n) is 1.46. The quantitative estimate of drug-likeness (QED) is 0.801. The topological polar surface area (TPSA) is 12.0 Å². The number of rotatable bonds is 1. The van der Waals surface area contributed by atoms with E-state index in [9.17, 15) is 0 Å². The SMILES string of the molecule is Ic1ccc(C2CNCCS2)cc1. The monoisotopic (exact) mass is 305 g/mol. The Labute approximate surface area is 96.8 Å². The van der Waals surface area contributed by atoms with Crippen molar-refractivity contribution in [3.63, 3.8) is 0 Å². The van der Waals surface area contributed by atoms with Crippen LogP contribution in [0.4, 0.5) is 0 Å². The van der Waals surface area contributed by atoms with E-state index in [1.807, 2.05) is 0 Å². The number of hydrogen-bond acceptors (Lipinski definition) is 2. The first-order valence-corrected chi connectivity index (χ1v) is 6.57. The second-order valence-electron chi connectivity index (χ2n) is 3.12. The Hall–Kier alpha value is 0.260. The molecule has 70 valence electrons. The molecule has 1 aromatic carbocycles. The van der Waals surface area contributed by atoms with Crippen LogP contribution in [0.15, 0.2) is 24.3 Å². The van der Waals surface area contributed by atoms with E-state index < -0.39 is 0 Å². The van der Waals surface area contributed by atoms with Crippen LogP contribution in [0.2, 0.25) is 0 Å². The molecule has 1 saturated heterocycles. The summed E-state index contributed by atoms with van der Waals surface area (Å²) in [6.07, 6.45) is 0. The summed E-state index contributed by atoms with van der Waals surface area (Å²) in [5, 5.41) is 4.08. The Morgan fingerprint density at radius 3 is 2.69 bits per heavy atom. The van der Waals surface area contributed by atoms with Crippen LogP contribution in [0.5, 0.6) is 0 Å². The predicted molar refractivity (Wildman–Crippen MR) is 67.2 cm³/mol. The molecular weight excluding hydrogens is 293 g/mol. The van der Waals surface area contributed by atoms with Gasteiger partial charge in [0.25, 0.3) is 0 Å². The van der Waals surface area contributed by atoms with Gasteiger partial charge in [-0.1, -0.05) is 12.1 Å². The first kappa shape index (κ1) is 9.80. The maximum Gasteiger partial charge on any atom is 0.0422 e. The van der Waals surface area contributed by atoms with Gasteiger partial charge in [-0.25, -0.2) is 0 Å². The molecule has 1 N–H and O–H groups in total. The lowest BCUT2D eigenvalue weighted by molar-refractivity contribution is 0.689. The first-order chi connectivity index (χ1) is 6.36. The van der Waals surface area contributed by atoms with Crippen molar-refractivity contribution < 1.29 is 0 Å². The van der Waals surface area contributed by atoms with Crippen molar-refractivity contribution in [2.45, 2.75) is 5.25 Å². The first-order valence-electron chi connectivity index (χ1n) is 4.44. The van der Waals surface area contributed by atoms with Gasteiger partial charge in [-0.2, -0.15) is 11.8 Å². The van der Waals surface area contributed by atoms with E-state index in [1.54, 1.807) is 0 Å². The molecule has 1 aliphatic rings. The minimum Gasteiger partial charge on any atom is -0.314 e. The average molecular weight is 305 g/mol. The van der Waals surface area contributed by atoms with Crippen molar-refractivity contribution in [3.05, 3.63) is 33.4 Å². The lowest BCUT2D eigenvalue weighted by Gasteiger charge is -2.22. The van der Waals surface area contributed by atoms with Crippen LogP contribution >= 0.6 is 34.4 Å². The van der Waals surface area contributed by atoms with Gasteiger partial charge >= 0.3 is 0 Å². The molecule has 1 heterocycles. The Bertz CT molecular complexity index is 267. The maximum atomic E-state index is 3.43. The normalized spacial score (nSPS) is 23.0. The maximum absolute atomic E-state index is 3.43. The molecule has 0 saturated carbocycles. The highest BCUT2D eigenvalue weighted by Gasteiger charge is 2.14. The van der Waals surface area contributed by atoms with Gasteiger partial charge in [-0.15, -0.1) is 0 Å². The fourth-order valence-corrected chi connectivity index (χ4v) is 2.95. The highest BCUT2D eigenvalue weighted by Crippen LogP contribution is 2.30.